The van der Waals surface area contributed by atoms with E-state index in [1.807, 2.05) is 24.3 Å². The van der Waals surface area contributed by atoms with Crippen molar-refractivity contribution in [1.82, 2.24) is 9.97 Å². The van der Waals surface area contributed by atoms with Crippen LogP contribution in [0.3, 0.4) is 0 Å². The predicted octanol–water partition coefficient (Wildman–Crippen LogP) is 4.09. The highest BCUT2D eigenvalue weighted by molar-refractivity contribution is 9.10. The fourth-order valence-electron chi connectivity index (χ4n) is 1.89. The van der Waals surface area contributed by atoms with Crippen molar-refractivity contribution in [3.05, 3.63) is 46.8 Å². The number of nitrogens with one attached hydrogen (secondary N) is 2. The van der Waals surface area contributed by atoms with Crippen molar-refractivity contribution in [3.63, 3.8) is 0 Å². The van der Waals surface area contributed by atoms with Crippen LogP contribution in [-0.4, -0.2) is 22.4 Å². The van der Waals surface area contributed by atoms with Gasteiger partial charge in [0.2, 0.25) is 0 Å². The minimum Gasteiger partial charge on any atom is -0.369 e. The van der Waals surface area contributed by atoms with E-state index < -0.39 is 0 Å². The molecule has 2 aromatic rings. The molecule has 22 heavy (non-hydrogen) atoms. The van der Waals surface area contributed by atoms with E-state index in [1.165, 1.54) is 19.0 Å². The lowest BCUT2D eigenvalue weighted by Gasteiger charge is -2.07. The molecule has 116 valence electrons. The molecule has 0 atom stereocenters. The standard InChI is InChI=1S/C16H19BrN4O/c1-2-3-4-8-18-15-11-19-14(10-20-15)16(22)21-13-7-5-6-12(17)9-13/h5-7,9-11H,2-4,8H2,1H3,(H,18,20)(H,21,22). The fraction of sp³-hybridized carbons (Fsp3) is 0.312. The molecule has 0 aliphatic rings. The number of unbranched alkanes of at least 4 members (excludes halogenated alkanes) is 2. The second kappa shape index (κ2) is 8.48. The van der Waals surface area contributed by atoms with Gasteiger partial charge in [0.25, 0.3) is 5.91 Å². The van der Waals surface area contributed by atoms with Crippen LogP contribution < -0.4 is 10.6 Å². The van der Waals surface area contributed by atoms with Crippen LogP contribution >= 0.6 is 15.9 Å². The molecular weight excluding hydrogens is 344 g/mol. The Bertz CT molecular complexity index is 616. The van der Waals surface area contributed by atoms with E-state index in [0.717, 1.165) is 17.4 Å². The summed E-state index contributed by atoms with van der Waals surface area (Å²) in [6.07, 6.45) is 6.54. The number of carbonyl (C=O) groups excluding carboxylic acids is 1. The Morgan fingerprint density at radius 1 is 1.23 bits per heavy atom. The van der Waals surface area contributed by atoms with Gasteiger partial charge in [-0.05, 0) is 24.6 Å². The first-order valence-corrected chi connectivity index (χ1v) is 8.11. The molecule has 2 rings (SSSR count). The number of nitrogens with zero attached hydrogens (tertiary/aromatic N) is 2. The van der Waals surface area contributed by atoms with Crippen LogP contribution in [0.5, 0.6) is 0 Å². The van der Waals surface area contributed by atoms with E-state index in [0.29, 0.717) is 17.2 Å². The first-order chi connectivity index (χ1) is 10.7. The number of rotatable bonds is 7. The first-order valence-electron chi connectivity index (χ1n) is 7.32. The van der Waals surface area contributed by atoms with Crippen molar-refractivity contribution >= 4 is 33.3 Å². The van der Waals surface area contributed by atoms with Gasteiger partial charge in [-0.1, -0.05) is 41.8 Å². The normalized spacial score (nSPS) is 10.3. The van der Waals surface area contributed by atoms with E-state index in [9.17, 15) is 4.79 Å². The minimum atomic E-state index is -0.275. The third kappa shape index (κ3) is 5.11. The van der Waals surface area contributed by atoms with Gasteiger partial charge >= 0.3 is 0 Å². The van der Waals surface area contributed by atoms with Crippen molar-refractivity contribution in [2.24, 2.45) is 0 Å². The summed E-state index contributed by atoms with van der Waals surface area (Å²) in [5, 5.41) is 5.98. The Kier molecular flexibility index (Phi) is 6.33. The Morgan fingerprint density at radius 2 is 2.09 bits per heavy atom. The van der Waals surface area contributed by atoms with Gasteiger partial charge in [0, 0.05) is 16.7 Å². The smallest absolute Gasteiger partial charge is 0.275 e. The lowest BCUT2D eigenvalue weighted by atomic mass is 10.2. The van der Waals surface area contributed by atoms with Gasteiger partial charge in [0.15, 0.2) is 0 Å². The maximum atomic E-state index is 12.1. The highest BCUT2D eigenvalue weighted by atomic mass is 79.9. The molecule has 0 saturated carbocycles. The Hall–Kier alpha value is -1.95. The number of benzene rings is 1. The highest BCUT2D eigenvalue weighted by Crippen LogP contribution is 2.16. The summed E-state index contributed by atoms with van der Waals surface area (Å²) in [6, 6.07) is 7.40. The fourth-order valence-corrected chi connectivity index (χ4v) is 2.29. The van der Waals surface area contributed by atoms with Crippen molar-refractivity contribution in [2.75, 3.05) is 17.2 Å². The summed E-state index contributed by atoms with van der Waals surface area (Å²) in [5.74, 6) is 0.415. The van der Waals surface area contributed by atoms with Crippen molar-refractivity contribution in [2.45, 2.75) is 26.2 Å². The number of hydrogen-bond acceptors (Lipinski definition) is 4. The van der Waals surface area contributed by atoms with Gasteiger partial charge in [-0.2, -0.15) is 0 Å². The number of amides is 1. The van der Waals surface area contributed by atoms with Gasteiger partial charge in [-0.3, -0.25) is 4.79 Å². The monoisotopic (exact) mass is 362 g/mol. The molecule has 0 spiro atoms. The number of anilines is 2. The molecular formula is C16H19BrN4O. The molecule has 0 aliphatic heterocycles. The maximum absolute atomic E-state index is 12.1. The Morgan fingerprint density at radius 3 is 2.77 bits per heavy atom. The molecule has 0 fully saturated rings. The average molecular weight is 363 g/mol. The zero-order valence-corrected chi connectivity index (χ0v) is 14.1. The SMILES string of the molecule is CCCCCNc1cnc(C(=O)Nc2cccc(Br)c2)cn1. The van der Waals surface area contributed by atoms with Gasteiger partial charge in [0.05, 0.1) is 12.4 Å². The van der Waals surface area contributed by atoms with Crippen LogP contribution in [0, 0.1) is 0 Å². The molecule has 0 radical (unpaired) electrons. The minimum absolute atomic E-state index is 0.275. The second-order valence-corrected chi connectivity index (χ2v) is 5.80. The Balaban J connectivity index is 1.90. The number of halogens is 1. The highest BCUT2D eigenvalue weighted by Gasteiger charge is 2.08. The predicted molar refractivity (Wildman–Crippen MR) is 92.1 cm³/mol. The average Bonchev–Trinajstić information content (AvgIpc) is 2.52. The van der Waals surface area contributed by atoms with E-state index >= 15 is 0 Å². The molecule has 1 aromatic heterocycles. The topological polar surface area (TPSA) is 66.9 Å². The van der Waals surface area contributed by atoms with Crippen LogP contribution in [0.4, 0.5) is 11.5 Å². The molecule has 1 amide bonds. The molecule has 1 aromatic carbocycles. The maximum Gasteiger partial charge on any atom is 0.275 e. The molecule has 6 heteroatoms. The van der Waals surface area contributed by atoms with Crippen LogP contribution in [0.1, 0.15) is 36.7 Å². The van der Waals surface area contributed by atoms with E-state index in [4.69, 9.17) is 0 Å². The second-order valence-electron chi connectivity index (χ2n) is 4.89. The summed E-state index contributed by atoms with van der Waals surface area (Å²) in [7, 11) is 0. The van der Waals surface area contributed by atoms with Gasteiger partial charge in [-0.15, -0.1) is 0 Å². The lowest BCUT2D eigenvalue weighted by molar-refractivity contribution is 0.102. The third-order valence-electron chi connectivity index (χ3n) is 3.05. The quantitative estimate of drug-likeness (QED) is 0.727. The van der Waals surface area contributed by atoms with E-state index in [2.05, 4.69) is 43.5 Å². The number of carbonyl (C=O) groups is 1. The summed E-state index contributed by atoms with van der Waals surface area (Å²) in [4.78, 5) is 20.4. The first kappa shape index (κ1) is 16.4. The van der Waals surface area contributed by atoms with Crippen LogP contribution in [0.25, 0.3) is 0 Å². The molecule has 0 bridgehead atoms. The van der Waals surface area contributed by atoms with E-state index in [-0.39, 0.29) is 5.91 Å². The molecule has 2 N–H and O–H groups in total. The summed E-state index contributed by atoms with van der Waals surface area (Å²) in [5.41, 5.74) is 1.00. The van der Waals surface area contributed by atoms with E-state index in [1.54, 1.807) is 6.20 Å². The zero-order valence-electron chi connectivity index (χ0n) is 12.5. The number of aromatic nitrogens is 2. The molecule has 0 aliphatic carbocycles. The molecule has 1 heterocycles. The van der Waals surface area contributed by atoms with Crippen molar-refractivity contribution in [1.29, 1.82) is 0 Å². The van der Waals surface area contributed by atoms with Crippen LogP contribution in [-0.2, 0) is 0 Å². The summed E-state index contributed by atoms with van der Waals surface area (Å²) >= 11 is 3.37. The zero-order chi connectivity index (χ0) is 15.8. The summed E-state index contributed by atoms with van der Waals surface area (Å²) in [6.45, 7) is 3.03. The van der Waals surface area contributed by atoms with Crippen molar-refractivity contribution < 1.29 is 4.79 Å². The Labute approximate surface area is 138 Å². The van der Waals surface area contributed by atoms with Gasteiger partial charge < -0.3 is 10.6 Å². The van der Waals surface area contributed by atoms with Gasteiger partial charge in [-0.25, -0.2) is 9.97 Å². The van der Waals surface area contributed by atoms with Crippen LogP contribution in [0.15, 0.2) is 41.1 Å². The molecule has 0 saturated heterocycles. The summed E-state index contributed by atoms with van der Waals surface area (Å²) < 4.78 is 0.906. The largest absolute Gasteiger partial charge is 0.369 e. The number of hydrogen-bond donors (Lipinski definition) is 2. The third-order valence-corrected chi connectivity index (χ3v) is 3.55. The van der Waals surface area contributed by atoms with Crippen LogP contribution in [0.2, 0.25) is 0 Å². The molecule has 5 nitrogen and oxygen atoms in total. The van der Waals surface area contributed by atoms with Crippen molar-refractivity contribution in [3.8, 4) is 0 Å². The lowest BCUT2D eigenvalue weighted by Crippen LogP contribution is -2.14. The van der Waals surface area contributed by atoms with Gasteiger partial charge in [0.1, 0.15) is 11.5 Å². The molecule has 0 unspecified atom stereocenters.